The Bertz CT molecular complexity index is 886. The average Bonchev–Trinajstić information content (AvgIpc) is 3.22. The molecule has 9 heteroatoms. The average molecular weight is 455 g/mol. The highest BCUT2D eigenvalue weighted by Gasteiger charge is 2.21. The predicted octanol–water partition coefficient (Wildman–Crippen LogP) is 3.32. The minimum atomic E-state index is -0.537. The summed E-state index contributed by atoms with van der Waals surface area (Å²) in [6.07, 6.45) is 0.575. The van der Waals surface area contributed by atoms with E-state index in [1.165, 1.54) is 13.2 Å². The Balaban J connectivity index is 1.40. The normalized spacial score (nSPS) is 17.0. The number of nitrogens with one attached hydrogen (secondary N) is 1. The van der Waals surface area contributed by atoms with Gasteiger partial charge in [-0.3, -0.25) is 9.69 Å². The summed E-state index contributed by atoms with van der Waals surface area (Å²) in [5.74, 6) is 0.0552. The summed E-state index contributed by atoms with van der Waals surface area (Å²) >= 11 is 12.1. The monoisotopic (exact) mass is 454 g/mol. The number of methoxy groups -OCH3 is 1. The topological polar surface area (TPSA) is 81.0 Å². The zero-order valence-corrected chi connectivity index (χ0v) is 18.2. The van der Waals surface area contributed by atoms with Gasteiger partial charge in [0.05, 0.1) is 29.9 Å². The third kappa shape index (κ3) is 6.47. The molecule has 1 atom stereocenters. The van der Waals surface area contributed by atoms with Crippen LogP contribution in [0.5, 0.6) is 0 Å². The number of halogens is 2. The second-order valence-corrected chi connectivity index (χ2v) is 7.85. The third-order valence-electron chi connectivity index (χ3n) is 4.79. The molecule has 1 saturated heterocycles. The number of carbonyl (C=O) groups excluding carboxylic acids is 2. The quantitative estimate of drug-likeness (QED) is 0.616. The van der Waals surface area contributed by atoms with Crippen LogP contribution in [-0.2, 0) is 27.2 Å². The van der Waals surface area contributed by atoms with Crippen molar-refractivity contribution in [1.29, 1.82) is 0 Å². The molecular formula is C21H24Cl2N2O5. The molecule has 1 N–H and O–H groups in total. The van der Waals surface area contributed by atoms with Crippen molar-refractivity contribution >= 4 is 35.1 Å². The van der Waals surface area contributed by atoms with Gasteiger partial charge in [0.2, 0.25) is 11.7 Å². The molecular weight excluding hydrogens is 431 g/mol. The second kappa shape index (κ2) is 10.8. The van der Waals surface area contributed by atoms with E-state index < -0.39 is 5.97 Å². The molecule has 0 spiro atoms. The van der Waals surface area contributed by atoms with Crippen molar-refractivity contribution in [2.75, 3.05) is 33.4 Å². The van der Waals surface area contributed by atoms with Crippen molar-refractivity contribution in [3.63, 3.8) is 0 Å². The highest BCUT2D eigenvalue weighted by atomic mass is 35.5. The standard InChI is InChI=1S/C21H24Cl2N2O5/c1-28-21(27)19-6-3-15(30-19)4-7-20(26)24-11-16-13-25(8-9-29-16)12-14-2-5-17(22)18(23)10-14/h2-3,5-6,10,16H,4,7-9,11-13H2,1H3,(H,24,26)/t16-/m0/s1. The minimum Gasteiger partial charge on any atom is -0.463 e. The van der Waals surface area contributed by atoms with Gasteiger partial charge in [0.15, 0.2) is 0 Å². The van der Waals surface area contributed by atoms with E-state index in [1.54, 1.807) is 12.1 Å². The number of rotatable bonds is 8. The molecule has 0 radical (unpaired) electrons. The minimum absolute atomic E-state index is 0.0833. The molecule has 3 rings (SSSR count). The Morgan fingerprint density at radius 1 is 1.23 bits per heavy atom. The van der Waals surface area contributed by atoms with E-state index in [2.05, 4.69) is 15.0 Å². The number of carbonyl (C=O) groups is 2. The van der Waals surface area contributed by atoms with Gasteiger partial charge in [0.1, 0.15) is 5.76 Å². The van der Waals surface area contributed by atoms with Crippen LogP contribution in [0.2, 0.25) is 10.0 Å². The highest BCUT2D eigenvalue weighted by Crippen LogP contribution is 2.23. The summed E-state index contributed by atoms with van der Waals surface area (Å²) in [5.41, 5.74) is 1.08. The number of benzene rings is 1. The largest absolute Gasteiger partial charge is 0.463 e. The number of hydrogen-bond donors (Lipinski definition) is 1. The van der Waals surface area contributed by atoms with Gasteiger partial charge in [-0.2, -0.15) is 0 Å². The first-order chi connectivity index (χ1) is 14.4. The summed E-state index contributed by atoms with van der Waals surface area (Å²) in [6, 6.07) is 8.84. The number of hydrogen-bond acceptors (Lipinski definition) is 6. The lowest BCUT2D eigenvalue weighted by Gasteiger charge is -2.33. The van der Waals surface area contributed by atoms with E-state index in [0.717, 1.165) is 18.7 Å². The van der Waals surface area contributed by atoms with E-state index >= 15 is 0 Å². The summed E-state index contributed by atoms with van der Waals surface area (Å²) < 4.78 is 15.7. The lowest BCUT2D eigenvalue weighted by molar-refractivity contribution is -0.122. The first-order valence-electron chi connectivity index (χ1n) is 9.66. The van der Waals surface area contributed by atoms with Crippen LogP contribution in [0.4, 0.5) is 0 Å². The Morgan fingerprint density at radius 2 is 2.07 bits per heavy atom. The highest BCUT2D eigenvalue weighted by molar-refractivity contribution is 6.42. The summed E-state index contributed by atoms with van der Waals surface area (Å²) in [7, 11) is 1.29. The van der Waals surface area contributed by atoms with E-state index in [4.69, 9.17) is 32.4 Å². The zero-order valence-electron chi connectivity index (χ0n) is 16.7. The fourth-order valence-electron chi connectivity index (χ4n) is 3.22. The van der Waals surface area contributed by atoms with Gasteiger partial charge in [0.25, 0.3) is 0 Å². The number of amides is 1. The van der Waals surface area contributed by atoms with Crippen molar-refractivity contribution < 1.29 is 23.5 Å². The Morgan fingerprint density at radius 3 is 2.83 bits per heavy atom. The molecule has 1 aliphatic heterocycles. The third-order valence-corrected chi connectivity index (χ3v) is 5.53. The number of ether oxygens (including phenoxy) is 2. The van der Waals surface area contributed by atoms with Gasteiger partial charge < -0.3 is 19.2 Å². The Labute approximate surface area is 185 Å². The summed E-state index contributed by atoms with van der Waals surface area (Å²) in [6.45, 7) is 3.30. The molecule has 7 nitrogen and oxygen atoms in total. The summed E-state index contributed by atoms with van der Waals surface area (Å²) in [4.78, 5) is 25.8. The Kier molecular flexibility index (Phi) is 8.16. The summed E-state index contributed by atoms with van der Waals surface area (Å²) in [5, 5.41) is 3.99. The van der Waals surface area contributed by atoms with Crippen LogP contribution in [0.15, 0.2) is 34.7 Å². The second-order valence-electron chi connectivity index (χ2n) is 7.04. The van der Waals surface area contributed by atoms with Crippen molar-refractivity contribution in [3.8, 4) is 0 Å². The molecule has 0 saturated carbocycles. The van der Waals surface area contributed by atoms with Gasteiger partial charge in [-0.15, -0.1) is 0 Å². The molecule has 1 aromatic carbocycles. The number of furan rings is 1. The van der Waals surface area contributed by atoms with E-state index in [0.29, 0.717) is 41.9 Å². The van der Waals surface area contributed by atoms with E-state index in [-0.39, 0.29) is 24.2 Å². The lowest BCUT2D eigenvalue weighted by atomic mass is 10.2. The molecule has 2 aromatic rings. The first-order valence-corrected chi connectivity index (χ1v) is 10.4. The maximum atomic E-state index is 12.2. The molecule has 1 amide bonds. The molecule has 0 aliphatic carbocycles. The number of morpholine rings is 1. The van der Waals surface area contributed by atoms with Crippen molar-refractivity contribution in [2.24, 2.45) is 0 Å². The molecule has 162 valence electrons. The van der Waals surface area contributed by atoms with Crippen LogP contribution in [0, 0.1) is 0 Å². The van der Waals surface area contributed by atoms with Gasteiger partial charge in [-0.25, -0.2) is 4.79 Å². The van der Waals surface area contributed by atoms with Crippen LogP contribution >= 0.6 is 23.2 Å². The predicted molar refractivity (Wildman–Crippen MR) is 113 cm³/mol. The van der Waals surface area contributed by atoms with Crippen LogP contribution in [0.1, 0.15) is 28.3 Å². The molecule has 1 aliphatic rings. The maximum absolute atomic E-state index is 12.2. The van der Waals surface area contributed by atoms with Crippen LogP contribution < -0.4 is 5.32 Å². The smallest absolute Gasteiger partial charge is 0.373 e. The van der Waals surface area contributed by atoms with E-state index in [1.807, 2.05) is 12.1 Å². The zero-order chi connectivity index (χ0) is 21.5. The molecule has 0 unspecified atom stereocenters. The lowest BCUT2D eigenvalue weighted by Crippen LogP contribution is -2.47. The SMILES string of the molecule is COC(=O)c1ccc(CCC(=O)NC[C@H]2CN(Cc3ccc(Cl)c(Cl)c3)CCO2)o1. The van der Waals surface area contributed by atoms with Crippen molar-refractivity contribution in [1.82, 2.24) is 10.2 Å². The molecule has 1 aromatic heterocycles. The van der Waals surface area contributed by atoms with Gasteiger partial charge >= 0.3 is 5.97 Å². The van der Waals surface area contributed by atoms with Gasteiger partial charge in [0, 0.05) is 39.0 Å². The van der Waals surface area contributed by atoms with Crippen LogP contribution in [-0.4, -0.2) is 56.2 Å². The molecule has 2 heterocycles. The first kappa shape index (κ1) is 22.6. The molecule has 1 fully saturated rings. The number of aryl methyl sites for hydroxylation is 1. The fourth-order valence-corrected chi connectivity index (χ4v) is 3.54. The van der Waals surface area contributed by atoms with E-state index in [9.17, 15) is 9.59 Å². The number of nitrogens with zero attached hydrogens (tertiary/aromatic N) is 1. The molecule has 0 bridgehead atoms. The molecule has 30 heavy (non-hydrogen) atoms. The Hall–Kier alpha value is -2.06. The fraction of sp³-hybridized carbons (Fsp3) is 0.429. The van der Waals surface area contributed by atoms with Gasteiger partial charge in [-0.1, -0.05) is 29.3 Å². The van der Waals surface area contributed by atoms with Gasteiger partial charge in [-0.05, 0) is 29.8 Å². The van der Waals surface area contributed by atoms with Crippen molar-refractivity contribution in [2.45, 2.75) is 25.5 Å². The maximum Gasteiger partial charge on any atom is 0.373 e. The number of esters is 1. The van der Waals surface area contributed by atoms with Crippen molar-refractivity contribution in [3.05, 3.63) is 57.5 Å². The van der Waals surface area contributed by atoms with Crippen LogP contribution in [0.3, 0.4) is 0 Å². The van der Waals surface area contributed by atoms with Crippen LogP contribution in [0.25, 0.3) is 0 Å².